The maximum Gasteiger partial charge on any atom is 0.257 e. The molecule has 2 aromatic heterocycles. The van der Waals surface area contributed by atoms with Gasteiger partial charge in [0.2, 0.25) is 5.88 Å². The second-order valence-corrected chi connectivity index (χ2v) is 4.85. The highest BCUT2D eigenvalue weighted by molar-refractivity contribution is 6.03. The standard InChI is InChI=1S/C14H16N4O3/c1-18-8-11(7-16-18)17-14(19)10-2-3-13(15-6-10)21-12-4-5-20-9-12/h2-3,6-8,12H,4-5,9H2,1H3,(H,17,19)/t12-/m1/s1. The highest BCUT2D eigenvalue weighted by Crippen LogP contribution is 2.15. The van der Waals surface area contributed by atoms with E-state index in [1.165, 1.54) is 6.20 Å². The van der Waals surface area contributed by atoms with Gasteiger partial charge in [-0.2, -0.15) is 5.10 Å². The smallest absolute Gasteiger partial charge is 0.257 e. The first-order valence-corrected chi connectivity index (χ1v) is 6.71. The Labute approximate surface area is 121 Å². The molecule has 1 aliphatic heterocycles. The van der Waals surface area contributed by atoms with E-state index in [-0.39, 0.29) is 12.0 Å². The molecule has 0 spiro atoms. The molecule has 1 fully saturated rings. The van der Waals surface area contributed by atoms with Gasteiger partial charge in [-0.15, -0.1) is 0 Å². The summed E-state index contributed by atoms with van der Waals surface area (Å²) < 4.78 is 12.5. The number of aryl methyl sites for hydroxylation is 1. The zero-order valence-electron chi connectivity index (χ0n) is 11.7. The van der Waals surface area contributed by atoms with Crippen LogP contribution in [-0.2, 0) is 11.8 Å². The molecule has 1 N–H and O–H groups in total. The minimum atomic E-state index is -0.230. The van der Waals surface area contributed by atoms with Crippen LogP contribution in [0.5, 0.6) is 5.88 Å². The van der Waals surface area contributed by atoms with Gasteiger partial charge in [-0.1, -0.05) is 0 Å². The summed E-state index contributed by atoms with van der Waals surface area (Å²) in [5, 5.41) is 6.74. The molecule has 0 bridgehead atoms. The van der Waals surface area contributed by atoms with Crippen LogP contribution >= 0.6 is 0 Å². The van der Waals surface area contributed by atoms with Crippen molar-refractivity contribution in [2.24, 2.45) is 7.05 Å². The molecule has 2 aromatic rings. The number of aromatic nitrogens is 3. The SMILES string of the molecule is Cn1cc(NC(=O)c2ccc(O[C@@H]3CCOC3)nc2)cn1. The second-order valence-electron chi connectivity index (χ2n) is 4.85. The Balaban J connectivity index is 1.61. The fourth-order valence-corrected chi connectivity index (χ4v) is 2.05. The minimum absolute atomic E-state index is 0.0487. The van der Waals surface area contributed by atoms with Crippen LogP contribution in [0.4, 0.5) is 5.69 Å². The quantitative estimate of drug-likeness (QED) is 0.915. The molecule has 0 radical (unpaired) electrons. The Morgan fingerprint density at radius 2 is 2.38 bits per heavy atom. The van der Waals surface area contributed by atoms with Gasteiger partial charge in [0.15, 0.2) is 0 Å². The number of nitrogens with one attached hydrogen (secondary N) is 1. The summed E-state index contributed by atoms with van der Waals surface area (Å²) in [6, 6.07) is 3.38. The maximum absolute atomic E-state index is 12.0. The van der Waals surface area contributed by atoms with E-state index < -0.39 is 0 Å². The average Bonchev–Trinajstić information content (AvgIpc) is 3.12. The third-order valence-electron chi connectivity index (χ3n) is 3.14. The molecule has 3 rings (SSSR count). The zero-order valence-corrected chi connectivity index (χ0v) is 11.7. The molecule has 21 heavy (non-hydrogen) atoms. The molecule has 7 nitrogen and oxygen atoms in total. The molecule has 3 heterocycles. The number of rotatable bonds is 4. The molecule has 1 amide bonds. The molecule has 1 atom stereocenters. The summed E-state index contributed by atoms with van der Waals surface area (Å²) in [6.07, 6.45) is 5.72. The predicted molar refractivity (Wildman–Crippen MR) is 75.3 cm³/mol. The van der Waals surface area contributed by atoms with Crippen LogP contribution in [0.2, 0.25) is 0 Å². The van der Waals surface area contributed by atoms with Crippen LogP contribution in [-0.4, -0.2) is 40.0 Å². The van der Waals surface area contributed by atoms with Crippen molar-refractivity contribution in [2.45, 2.75) is 12.5 Å². The maximum atomic E-state index is 12.0. The van der Waals surface area contributed by atoms with Gasteiger partial charge >= 0.3 is 0 Å². The van der Waals surface area contributed by atoms with Crippen molar-refractivity contribution in [2.75, 3.05) is 18.5 Å². The van der Waals surface area contributed by atoms with Crippen molar-refractivity contribution >= 4 is 11.6 Å². The Morgan fingerprint density at radius 3 is 3.00 bits per heavy atom. The van der Waals surface area contributed by atoms with E-state index in [1.54, 1.807) is 36.3 Å². The Kier molecular flexibility index (Phi) is 3.83. The van der Waals surface area contributed by atoms with E-state index in [1.807, 2.05) is 0 Å². The van der Waals surface area contributed by atoms with Crippen molar-refractivity contribution in [1.29, 1.82) is 0 Å². The lowest BCUT2D eigenvalue weighted by Crippen LogP contribution is -2.17. The van der Waals surface area contributed by atoms with E-state index in [9.17, 15) is 4.79 Å². The van der Waals surface area contributed by atoms with E-state index in [0.717, 1.165) is 13.0 Å². The third kappa shape index (κ3) is 3.38. The van der Waals surface area contributed by atoms with Crippen molar-refractivity contribution < 1.29 is 14.3 Å². The van der Waals surface area contributed by atoms with Gasteiger partial charge in [-0.05, 0) is 6.07 Å². The second kappa shape index (κ2) is 5.92. The minimum Gasteiger partial charge on any atom is -0.472 e. The molecular weight excluding hydrogens is 272 g/mol. The summed E-state index contributed by atoms with van der Waals surface area (Å²) in [6.45, 7) is 1.31. The number of anilines is 1. The monoisotopic (exact) mass is 288 g/mol. The first kappa shape index (κ1) is 13.6. The largest absolute Gasteiger partial charge is 0.472 e. The Hall–Kier alpha value is -2.41. The number of carbonyl (C=O) groups excluding carboxylic acids is 1. The number of pyridine rings is 1. The molecule has 7 heteroatoms. The normalized spacial score (nSPS) is 17.7. The van der Waals surface area contributed by atoms with Gasteiger partial charge in [0.05, 0.1) is 30.7 Å². The molecular formula is C14H16N4O3. The summed E-state index contributed by atoms with van der Waals surface area (Å²) in [5.74, 6) is 0.273. The molecule has 0 aromatic carbocycles. The van der Waals surface area contributed by atoms with Gasteiger partial charge < -0.3 is 14.8 Å². The first-order valence-electron chi connectivity index (χ1n) is 6.71. The van der Waals surface area contributed by atoms with Crippen LogP contribution in [0.15, 0.2) is 30.7 Å². The lowest BCUT2D eigenvalue weighted by Gasteiger charge is -2.10. The Morgan fingerprint density at radius 1 is 1.48 bits per heavy atom. The highest BCUT2D eigenvalue weighted by Gasteiger charge is 2.17. The van der Waals surface area contributed by atoms with Crippen molar-refractivity contribution in [3.05, 3.63) is 36.3 Å². The summed E-state index contributed by atoms with van der Waals surface area (Å²) in [4.78, 5) is 16.2. The van der Waals surface area contributed by atoms with Gasteiger partial charge in [0, 0.05) is 31.9 Å². The third-order valence-corrected chi connectivity index (χ3v) is 3.14. The predicted octanol–water partition coefficient (Wildman–Crippen LogP) is 1.24. The molecule has 1 aliphatic rings. The van der Waals surface area contributed by atoms with Gasteiger partial charge in [-0.25, -0.2) is 4.98 Å². The van der Waals surface area contributed by atoms with Crippen LogP contribution in [0.25, 0.3) is 0 Å². The molecule has 0 unspecified atom stereocenters. The number of ether oxygens (including phenoxy) is 2. The molecule has 0 aliphatic carbocycles. The van der Waals surface area contributed by atoms with Crippen molar-refractivity contribution in [3.63, 3.8) is 0 Å². The van der Waals surface area contributed by atoms with E-state index >= 15 is 0 Å². The van der Waals surface area contributed by atoms with Gasteiger partial charge in [0.1, 0.15) is 6.10 Å². The molecule has 110 valence electrons. The van der Waals surface area contributed by atoms with E-state index in [2.05, 4.69) is 15.4 Å². The van der Waals surface area contributed by atoms with Crippen molar-refractivity contribution in [3.8, 4) is 5.88 Å². The molecule has 1 saturated heterocycles. The highest BCUT2D eigenvalue weighted by atomic mass is 16.5. The van der Waals surface area contributed by atoms with Gasteiger partial charge in [-0.3, -0.25) is 9.48 Å². The van der Waals surface area contributed by atoms with E-state index in [4.69, 9.17) is 9.47 Å². The topological polar surface area (TPSA) is 78.3 Å². The number of nitrogens with zero attached hydrogens (tertiary/aromatic N) is 3. The fourth-order valence-electron chi connectivity index (χ4n) is 2.05. The lowest BCUT2D eigenvalue weighted by atomic mass is 10.2. The van der Waals surface area contributed by atoms with E-state index in [0.29, 0.717) is 23.7 Å². The van der Waals surface area contributed by atoms with Crippen LogP contribution < -0.4 is 10.1 Å². The number of hydrogen-bond acceptors (Lipinski definition) is 5. The van der Waals surface area contributed by atoms with Crippen LogP contribution in [0, 0.1) is 0 Å². The number of amides is 1. The van der Waals surface area contributed by atoms with Crippen LogP contribution in [0.3, 0.4) is 0 Å². The van der Waals surface area contributed by atoms with Gasteiger partial charge in [0.25, 0.3) is 5.91 Å². The lowest BCUT2D eigenvalue weighted by molar-refractivity contribution is 0.102. The summed E-state index contributed by atoms with van der Waals surface area (Å²) in [5.41, 5.74) is 1.11. The average molecular weight is 288 g/mol. The number of carbonyl (C=O) groups is 1. The summed E-state index contributed by atoms with van der Waals surface area (Å²) >= 11 is 0. The molecule has 0 saturated carbocycles. The Bertz CT molecular complexity index is 617. The van der Waals surface area contributed by atoms with Crippen LogP contribution in [0.1, 0.15) is 16.8 Å². The summed E-state index contributed by atoms with van der Waals surface area (Å²) in [7, 11) is 1.79. The number of hydrogen-bond donors (Lipinski definition) is 1. The first-order chi connectivity index (χ1) is 10.2. The van der Waals surface area contributed by atoms with Crippen molar-refractivity contribution in [1.82, 2.24) is 14.8 Å². The zero-order chi connectivity index (χ0) is 14.7. The fraction of sp³-hybridized carbons (Fsp3) is 0.357.